The van der Waals surface area contributed by atoms with Crippen molar-refractivity contribution in [3.63, 3.8) is 0 Å². The summed E-state index contributed by atoms with van der Waals surface area (Å²) in [7, 11) is 2.28. The van der Waals surface area contributed by atoms with Crippen LogP contribution in [-0.4, -0.2) is 84.5 Å². The molecule has 0 saturated carbocycles. The smallest absolute Gasteiger partial charge is 0.318 e. The zero-order chi connectivity index (χ0) is 33.5. The zero-order valence-electron chi connectivity index (χ0n) is 28.7. The molecule has 4 aliphatic heterocycles. The summed E-state index contributed by atoms with van der Waals surface area (Å²) in [6.07, 6.45) is 6.89. The Morgan fingerprint density at radius 3 is 2.80 bits per heavy atom. The molecule has 7 heterocycles. The molecule has 5 aromatic rings. The van der Waals surface area contributed by atoms with Crippen LogP contribution in [0.25, 0.3) is 22.6 Å². The van der Waals surface area contributed by atoms with E-state index in [2.05, 4.69) is 61.7 Å². The molecule has 0 unspecified atom stereocenters. The van der Waals surface area contributed by atoms with E-state index in [4.69, 9.17) is 24.8 Å². The van der Waals surface area contributed by atoms with Gasteiger partial charge < -0.3 is 14.6 Å². The predicted molar refractivity (Wildman–Crippen MR) is 190 cm³/mol. The number of imidazole rings is 1. The number of rotatable bonds is 5. The van der Waals surface area contributed by atoms with Gasteiger partial charge in [-0.1, -0.05) is 36.4 Å². The van der Waals surface area contributed by atoms with Crippen LogP contribution in [0.2, 0.25) is 0 Å². The van der Waals surface area contributed by atoms with Crippen molar-refractivity contribution in [2.45, 2.75) is 88.3 Å². The van der Waals surface area contributed by atoms with E-state index in [-0.39, 0.29) is 11.1 Å². The van der Waals surface area contributed by atoms with Crippen LogP contribution in [0.3, 0.4) is 0 Å². The lowest BCUT2D eigenvalue weighted by atomic mass is 9.71. The second-order valence-electron chi connectivity index (χ2n) is 15.3. The minimum absolute atomic E-state index is 0.114. The van der Waals surface area contributed by atoms with E-state index < -0.39 is 6.17 Å². The van der Waals surface area contributed by atoms with Gasteiger partial charge in [-0.25, -0.2) is 9.37 Å². The zero-order valence-corrected chi connectivity index (χ0v) is 28.7. The van der Waals surface area contributed by atoms with Crippen LogP contribution in [0.15, 0.2) is 54.6 Å². The van der Waals surface area contributed by atoms with Gasteiger partial charge in [0.15, 0.2) is 5.82 Å². The summed E-state index contributed by atoms with van der Waals surface area (Å²) in [6, 6.07) is 19.7. The quantitative estimate of drug-likeness (QED) is 0.251. The Labute approximate surface area is 291 Å². The summed E-state index contributed by atoms with van der Waals surface area (Å²) >= 11 is 0. The van der Waals surface area contributed by atoms with Gasteiger partial charge in [-0.15, -0.1) is 0 Å². The number of anilines is 1. The number of nitrogens with one attached hydrogen (secondary N) is 1. The van der Waals surface area contributed by atoms with E-state index in [0.29, 0.717) is 32.1 Å². The molecule has 2 aromatic carbocycles. The molecule has 0 amide bonds. The van der Waals surface area contributed by atoms with Crippen molar-refractivity contribution in [1.82, 2.24) is 39.5 Å². The molecule has 3 aromatic heterocycles. The molecule has 0 bridgehead atoms. The predicted octanol–water partition coefficient (Wildman–Crippen LogP) is 5.80. The van der Waals surface area contributed by atoms with Crippen molar-refractivity contribution in [1.29, 1.82) is 0 Å². The summed E-state index contributed by atoms with van der Waals surface area (Å²) < 4.78 is 23.4. The van der Waals surface area contributed by atoms with E-state index in [1.807, 2.05) is 24.3 Å². The third-order valence-corrected chi connectivity index (χ3v) is 12.4. The SMILES string of the molecule is CN1Cc2c(nc(OC[C@@]34CCCN3C[C@H](F)C4)nc2N2CCCn3nc(-c4nc5ccccc5[nH]4)cc3C2)C[C@]12CCCc1ccccc12. The van der Waals surface area contributed by atoms with E-state index in [1.165, 1.54) is 16.7 Å². The molecular formula is C39H44FN9O. The van der Waals surface area contributed by atoms with Gasteiger partial charge in [0.05, 0.1) is 40.0 Å². The lowest BCUT2D eigenvalue weighted by Gasteiger charge is -2.49. The Bertz CT molecular complexity index is 2060. The lowest BCUT2D eigenvalue weighted by Crippen LogP contribution is -2.51. The lowest BCUT2D eigenvalue weighted by molar-refractivity contribution is 0.0714. The molecule has 3 atom stereocenters. The Kier molecular flexibility index (Phi) is 7.07. The normalized spacial score (nSPS) is 26.5. The van der Waals surface area contributed by atoms with Crippen molar-refractivity contribution >= 4 is 16.9 Å². The molecule has 0 radical (unpaired) electrons. The Hall–Kier alpha value is -4.35. The van der Waals surface area contributed by atoms with Gasteiger partial charge in [0.2, 0.25) is 0 Å². The van der Waals surface area contributed by atoms with E-state index in [9.17, 15) is 4.39 Å². The number of aromatic amines is 1. The van der Waals surface area contributed by atoms with E-state index >= 15 is 0 Å². The number of fused-ring (bicyclic) bond motifs is 6. The molecule has 1 spiro atoms. The third-order valence-electron chi connectivity index (χ3n) is 12.4. The number of aromatic nitrogens is 6. The van der Waals surface area contributed by atoms with Gasteiger partial charge in [-0.05, 0) is 81.4 Å². The molecular weight excluding hydrogens is 629 g/mol. The van der Waals surface area contributed by atoms with Crippen molar-refractivity contribution in [3.8, 4) is 17.5 Å². The van der Waals surface area contributed by atoms with Gasteiger partial charge in [0.25, 0.3) is 0 Å². The minimum Gasteiger partial charge on any atom is -0.461 e. The fourth-order valence-electron chi connectivity index (χ4n) is 9.89. The van der Waals surface area contributed by atoms with Crippen LogP contribution in [0.1, 0.15) is 66.6 Å². The summed E-state index contributed by atoms with van der Waals surface area (Å²) in [5.74, 6) is 1.74. The number of hydrogen-bond acceptors (Lipinski definition) is 8. The summed E-state index contributed by atoms with van der Waals surface area (Å²) in [5.41, 5.74) is 8.71. The number of likely N-dealkylation sites (N-methyl/N-ethyl adjacent to an activating group) is 1. The van der Waals surface area contributed by atoms with Crippen molar-refractivity contribution in [3.05, 3.63) is 82.7 Å². The number of hydrogen-bond donors (Lipinski definition) is 1. The second-order valence-corrected chi connectivity index (χ2v) is 15.3. The second kappa shape index (κ2) is 11.6. The molecule has 10 nitrogen and oxygen atoms in total. The first-order chi connectivity index (χ1) is 24.5. The fourth-order valence-corrected chi connectivity index (χ4v) is 9.89. The van der Waals surface area contributed by atoms with Crippen LogP contribution < -0.4 is 9.64 Å². The first kappa shape index (κ1) is 30.5. The molecule has 2 saturated heterocycles. The monoisotopic (exact) mass is 673 g/mol. The Morgan fingerprint density at radius 1 is 0.960 bits per heavy atom. The topological polar surface area (TPSA) is 91.2 Å². The molecule has 11 heteroatoms. The highest BCUT2D eigenvalue weighted by Crippen LogP contribution is 2.47. The fraction of sp³-hybridized carbons (Fsp3) is 0.487. The van der Waals surface area contributed by atoms with Gasteiger partial charge >= 0.3 is 6.01 Å². The highest BCUT2D eigenvalue weighted by Gasteiger charge is 2.50. The number of H-pyrrole nitrogens is 1. The molecule has 258 valence electrons. The van der Waals surface area contributed by atoms with Crippen LogP contribution >= 0.6 is 0 Å². The van der Waals surface area contributed by atoms with E-state index in [0.717, 1.165) is 111 Å². The number of nitrogens with zero attached hydrogens (tertiary/aromatic N) is 8. The van der Waals surface area contributed by atoms with E-state index in [1.54, 1.807) is 0 Å². The number of alkyl halides is 1. The highest BCUT2D eigenvalue weighted by atomic mass is 19.1. The van der Waals surface area contributed by atoms with Crippen LogP contribution in [0.5, 0.6) is 6.01 Å². The maximum atomic E-state index is 14.7. The first-order valence-corrected chi connectivity index (χ1v) is 18.4. The summed E-state index contributed by atoms with van der Waals surface area (Å²) in [5, 5.41) is 5.00. The third kappa shape index (κ3) is 4.87. The van der Waals surface area contributed by atoms with Gasteiger partial charge in [-0.3, -0.25) is 14.5 Å². The Balaban J connectivity index is 1.02. The van der Waals surface area contributed by atoms with Crippen LogP contribution in [0.4, 0.5) is 10.2 Å². The Morgan fingerprint density at radius 2 is 1.86 bits per heavy atom. The average Bonchev–Trinajstić information content (AvgIpc) is 3.87. The van der Waals surface area contributed by atoms with Crippen LogP contribution in [-0.2, 0) is 38.0 Å². The number of benzene rings is 2. The summed E-state index contributed by atoms with van der Waals surface area (Å²) in [4.78, 5) is 26.0. The van der Waals surface area contributed by atoms with Gasteiger partial charge in [-0.2, -0.15) is 15.1 Å². The maximum absolute atomic E-state index is 14.7. The largest absolute Gasteiger partial charge is 0.461 e. The van der Waals surface area contributed by atoms with Gasteiger partial charge in [0, 0.05) is 44.6 Å². The van der Waals surface area contributed by atoms with Crippen molar-refractivity contribution in [2.75, 3.05) is 38.2 Å². The molecule has 10 rings (SSSR count). The van der Waals surface area contributed by atoms with Crippen molar-refractivity contribution < 1.29 is 9.13 Å². The minimum atomic E-state index is -0.799. The van der Waals surface area contributed by atoms with Crippen LogP contribution in [0, 0.1) is 0 Å². The first-order valence-electron chi connectivity index (χ1n) is 18.4. The number of aryl methyl sites for hydroxylation is 2. The van der Waals surface area contributed by atoms with Crippen molar-refractivity contribution in [2.24, 2.45) is 0 Å². The molecule has 5 aliphatic rings. The summed E-state index contributed by atoms with van der Waals surface area (Å²) in [6.45, 7) is 4.98. The molecule has 1 aliphatic carbocycles. The molecule has 1 N–H and O–H groups in total. The standard InChI is InChI=1S/C39H44FN9O/c1-46-24-29-34(21-39(46)15-6-10-26-9-2-3-11-30(26)39)43-37(50-25-38-14-7-17-48(38)22-27(40)20-38)44-36(29)47-16-8-18-49-28(23-47)19-33(45-49)35-41-31-12-4-5-13-32(31)42-35/h2-5,9,11-13,19,27H,6-8,10,14-18,20-25H2,1H3,(H,41,42)/t27-,38+,39+/m1/s1. The molecule has 50 heavy (non-hydrogen) atoms. The maximum Gasteiger partial charge on any atom is 0.318 e. The average molecular weight is 674 g/mol. The number of para-hydroxylation sites is 2. The molecule has 2 fully saturated rings. The van der Waals surface area contributed by atoms with Gasteiger partial charge in [0.1, 0.15) is 24.3 Å². The number of ether oxygens (including phenoxy) is 1. The number of halogens is 1. The highest BCUT2D eigenvalue weighted by molar-refractivity contribution is 5.78.